The minimum atomic E-state index is -0.598. The van der Waals surface area contributed by atoms with Gasteiger partial charge in [-0.15, -0.1) is 0 Å². The Kier molecular flexibility index (Phi) is 4.67. The molecule has 0 radical (unpaired) electrons. The van der Waals surface area contributed by atoms with Crippen molar-refractivity contribution in [2.45, 2.75) is 6.92 Å². The zero-order valence-electron chi connectivity index (χ0n) is 10.4. The lowest BCUT2D eigenvalue weighted by molar-refractivity contribution is 0.0528. The molecule has 2 aromatic rings. The zero-order chi connectivity index (χ0) is 15.2. The number of benzene rings is 1. The second kappa shape index (κ2) is 5.82. The maximum atomic E-state index is 12.1. The van der Waals surface area contributed by atoms with E-state index in [9.17, 15) is 4.79 Å². The average molecular weight is 375 g/mol. The maximum absolute atomic E-state index is 12.1. The van der Waals surface area contributed by atoms with Gasteiger partial charge in [0.1, 0.15) is 10.7 Å². The molecular formula is C12H8Cl5NO2. The van der Waals surface area contributed by atoms with Crippen molar-refractivity contribution in [2.75, 3.05) is 6.61 Å². The van der Waals surface area contributed by atoms with Gasteiger partial charge in [-0.25, -0.2) is 4.79 Å². The van der Waals surface area contributed by atoms with Crippen molar-refractivity contribution in [1.29, 1.82) is 0 Å². The Morgan fingerprint density at radius 1 is 1.05 bits per heavy atom. The van der Waals surface area contributed by atoms with Gasteiger partial charge >= 0.3 is 5.97 Å². The van der Waals surface area contributed by atoms with E-state index in [-0.39, 0.29) is 37.4 Å². The molecule has 0 spiro atoms. The van der Waals surface area contributed by atoms with Gasteiger partial charge in [0.05, 0.1) is 32.2 Å². The molecule has 1 aromatic carbocycles. The number of aryl methyl sites for hydroxylation is 1. The van der Waals surface area contributed by atoms with Crippen LogP contribution in [0.3, 0.4) is 0 Å². The fourth-order valence-electron chi connectivity index (χ4n) is 1.92. The second-order valence-electron chi connectivity index (χ2n) is 3.92. The number of nitrogens with zero attached hydrogens (tertiary/aromatic N) is 1. The van der Waals surface area contributed by atoms with Crippen molar-refractivity contribution in [1.82, 2.24) is 4.57 Å². The quantitative estimate of drug-likeness (QED) is 0.387. The summed E-state index contributed by atoms with van der Waals surface area (Å²) in [6.45, 7) is 1.90. The van der Waals surface area contributed by atoms with Crippen LogP contribution in [-0.4, -0.2) is 17.1 Å². The molecule has 0 aliphatic carbocycles. The van der Waals surface area contributed by atoms with Gasteiger partial charge < -0.3 is 9.30 Å². The lowest BCUT2D eigenvalue weighted by atomic mass is 10.1. The highest BCUT2D eigenvalue weighted by atomic mass is 35.5. The van der Waals surface area contributed by atoms with E-state index < -0.39 is 5.97 Å². The molecule has 108 valence electrons. The Hall–Kier alpha value is -0.320. The Balaban J connectivity index is 2.97. The summed E-state index contributed by atoms with van der Waals surface area (Å²) in [6, 6.07) is 0. The molecule has 0 amide bonds. The largest absolute Gasteiger partial charge is 0.462 e. The van der Waals surface area contributed by atoms with Crippen LogP contribution in [0.5, 0.6) is 0 Å². The molecule has 1 heterocycles. The second-order valence-corrected chi connectivity index (χ2v) is 5.79. The predicted octanol–water partition coefficient (Wildman–Crippen LogP) is 5.62. The molecule has 1 aromatic heterocycles. The first-order valence-electron chi connectivity index (χ1n) is 5.49. The molecule has 8 heteroatoms. The minimum Gasteiger partial charge on any atom is -0.462 e. The predicted molar refractivity (Wildman–Crippen MR) is 83.9 cm³/mol. The van der Waals surface area contributed by atoms with Gasteiger partial charge in [0.2, 0.25) is 0 Å². The van der Waals surface area contributed by atoms with Gasteiger partial charge in [0, 0.05) is 12.4 Å². The third-order valence-corrected chi connectivity index (χ3v) is 5.04. The summed E-state index contributed by atoms with van der Waals surface area (Å²) < 4.78 is 6.49. The molecule has 0 bridgehead atoms. The zero-order valence-corrected chi connectivity index (χ0v) is 14.1. The number of hydrogen-bond acceptors (Lipinski definition) is 2. The van der Waals surface area contributed by atoms with Crippen molar-refractivity contribution in [2.24, 2.45) is 7.05 Å². The number of esters is 1. The smallest absolute Gasteiger partial charge is 0.341 e. The van der Waals surface area contributed by atoms with Gasteiger partial charge in [0.15, 0.2) is 0 Å². The van der Waals surface area contributed by atoms with Crippen LogP contribution in [0.2, 0.25) is 25.2 Å². The lowest BCUT2D eigenvalue weighted by Gasteiger charge is -2.07. The number of rotatable bonds is 2. The third kappa shape index (κ3) is 2.26. The van der Waals surface area contributed by atoms with Crippen LogP contribution in [-0.2, 0) is 11.8 Å². The maximum Gasteiger partial charge on any atom is 0.341 e. The molecule has 0 atom stereocenters. The summed E-state index contributed by atoms with van der Waals surface area (Å²) in [5, 5.41) is 0.951. The summed E-state index contributed by atoms with van der Waals surface area (Å²) in [5.74, 6) is -0.598. The van der Waals surface area contributed by atoms with Crippen LogP contribution < -0.4 is 0 Å². The van der Waals surface area contributed by atoms with Gasteiger partial charge in [-0.3, -0.25) is 0 Å². The highest BCUT2D eigenvalue weighted by Crippen LogP contribution is 2.46. The van der Waals surface area contributed by atoms with E-state index >= 15 is 0 Å². The van der Waals surface area contributed by atoms with Crippen LogP contribution >= 0.6 is 58.0 Å². The molecule has 0 saturated carbocycles. The van der Waals surface area contributed by atoms with E-state index in [1.54, 1.807) is 14.0 Å². The van der Waals surface area contributed by atoms with Crippen LogP contribution in [0, 0.1) is 0 Å². The van der Waals surface area contributed by atoms with Crippen molar-refractivity contribution in [3.05, 3.63) is 30.8 Å². The minimum absolute atomic E-state index is 0.0682. The first kappa shape index (κ1) is 16.1. The fraction of sp³-hybridized carbons (Fsp3) is 0.250. The molecule has 0 N–H and O–H groups in total. The fourth-order valence-corrected chi connectivity index (χ4v) is 3.24. The van der Waals surface area contributed by atoms with Crippen molar-refractivity contribution in [3.8, 4) is 0 Å². The highest BCUT2D eigenvalue weighted by molar-refractivity contribution is 6.56. The summed E-state index contributed by atoms with van der Waals surface area (Å²) in [7, 11) is 1.64. The van der Waals surface area contributed by atoms with E-state index in [0.717, 1.165) is 0 Å². The Labute approximate surface area is 140 Å². The standard InChI is InChI=1S/C12H8Cl5NO2/c1-3-20-12(19)5-4-6(13)7(14)8(15)9(16)10(4)18(2)11(5)17/h3H2,1-2H3. The average Bonchev–Trinajstić information content (AvgIpc) is 2.67. The van der Waals surface area contributed by atoms with E-state index in [2.05, 4.69) is 0 Å². The van der Waals surface area contributed by atoms with Crippen LogP contribution in [0.1, 0.15) is 17.3 Å². The summed E-state index contributed by atoms with van der Waals surface area (Å²) in [4.78, 5) is 12.1. The Morgan fingerprint density at radius 3 is 2.15 bits per heavy atom. The number of carbonyl (C=O) groups excluding carboxylic acids is 1. The molecule has 0 saturated heterocycles. The van der Waals surface area contributed by atoms with Gasteiger partial charge in [-0.1, -0.05) is 58.0 Å². The molecule has 20 heavy (non-hydrogen) atoms. The molecular weight excluding hydrogens is 367 g/mol. The van der Waals surface area contributed by atoms with Gasteiger partial charge in [-0.2, -0.15) is 0 Å². The number of ether oxygens (including phenoxy) is 1. The van der Waals surface area contributed by atoms with Crippen molar-refractivity contribution >= 4 is 74.9 Å². The first-order valence-corrected chi connectivity index (χ1v) is 7.38. The van der Waals surface area contributed by atoms with E-state index in [1.165, 1.54) is 4.57 Å². The highest BCUT2D eigenvalue weighted by Gasteiger charge is 2.28. The molecule has 3 nitrogen and oxygen atoms in total. The molecule has 0 aliphatic heterocycles. The SMILES string of the molecule is CCOC(=O)c1c(Cl)n(C)c2c(Cl)c(Cl)c(Cl)c(Cl)c12. The van der Waals surface area contributed by atoms with Gasteiger partial charge in [-0.05, 0) is 6.92 Å². The monoisotopic (exact) mass is 373 g/mol. The molecule has 0 unspecified atom stereocenters. The van der Waals surface area contributed by atoms with E-state index in [0.29, 0.717) is 10.9 Å². The van der Waals surface area contributed by atoms with Gasteiger partial charge in [0.25, 0.3) is 0 Å². The van der Waals surface area contributed by atoms with Crippen molar-refractivity contribution < 1.29 is 9.53 Å². The first-order chi connectivity index (χ1) is 9.32. The van der Waals surface area contributed by atoms with Crippen LogP contribution in [0.4, 0.5) is 0 Å². The van der Waals surface area contributed by atoms with Crippen LogP contribution in [0.15, 0.2) is 0 Å². The van der Waals surface area contributed by atoms with Crippen molar-refractivity contribution in [3.63, 3.8) is 0 Å². The Bertz CT molecular complexity index is 723. The molecule has 0 aliphatic rings. The Morgan fingerprint density at radius 2 is 1.60 bits per heavy atom. The number of carbonyl (C=O) groups is 1. The number of hydrogen-bond donors (Lipinski definition) is 0. The lowest BCUT2D eigenvalue weighted by Crippen LogP contribution is -2.05. The van der Waals surface area contributed by atoms with E-state index in [4.69, 9.17) is 62.7 Å². The normalized spacial score (nSPS) is 11.2. The van der Waals surface area contributed by atoms with Crippen LogP contribution in [0.25, 0.3) is 10.9 Å². The summed E-state index contributed by atoms with van der Waals surface area (Å²) in [5.41, 5.74) is 0.551. The summed E-state index contributed by atoms with van der Waals surface area (Å²) >= 11 is 30.6. The molecule has 0 fully saturated rings. The molecule has 2 rings (SSSR count). The number of aromatic nitrogens is 1. The third-order valence-electron chi connectivity index (χ3n) is 2.81. The summed E-state index contributed by atoms with van der Waals surface area (Å²) in [6.07, 6.45) is 0. The topological polar surface area (TPSA) is 31.2 Å². The van der Waals surface area contributed by atoms with E-state index in [1.807, 2.05) is 0 Å². The number of halogens is 5. The number of fused-ring (bicyclic) bond motifs is 1.